The van der Waals surface area contributed by atoms with E-state index in [2.05, 4.69) is 11.2 Å². The molecule has 0 bridgehead atoms. The second kappa shape index (κ2) is 4.28. The summed E-state index contributed by atoms with van der Waals surface area (Å²) >= 11 is 0. The summed E-state index contributed by atoms with van der Waals surface area (Å²) in [5, 5.41) is 2.75. The second-order valence-electron chi connectivity index (χ2n) is 4.36. The first-order chi connectivity index (χ1) is 7.34. The Morgan fingerprint density at radius 3 is 2.56 bits per heavy atom. The second-order valence-corrected chi connectivity index (χ2v) is 4.36. The van der Waals surface area contributed by atoms with Gasteiger partial charge in [-0.15, -0.1) is 6.42 Å². The lowest BCUT2D eigenvalue weighted by Gasteiger charge is -2.19. The highest BCUT2D eigenvalue weighted by molar-refractivity contribution is 5.96. The topological polar surface area (TPSA) is 55.1 Å². The van der Waals surface area contributed by atoms with Gasteiger partial charge in [0, 0.05) is 11.3 Å². The number of amides is 1. The van der Waals surface area contributed by atoms with Crippen molar-refractivity contribution >= 4 is 11.6 Å². The first kappa shape index (κ1) is 12.1. The van der Waals surface area contributed by atoms with E-state index in [-0.39, 0.29) is 5.91 Å². The highest BCUT2D eigenvalue weighted by Gasteiger charge is 2.18. The van der Waals surface area contributed by atoms with Crippen LogP contribution in [0.25, 0.3) is 0 Å². The average Bonchev–Trinajstić information content (AvgIpc) is 2.15. The summed E-state index contributed by atoms with van der Waals surface area (Å²) in [7, 11) is 0. The van der Waals surface area contributed by atoms with Crippen molar-refractivity contribution in [3.63, 3.8) is 0 Å². The molecular weight excluding hydrogens is 200 g/mol. The van der Waals surface area contributed by atoms with Gasteiger partial charge in [-0.25, -0.2) is 0 Å². The molecule has 3 nitrogen and oxygen atoms in total. The molecule has 0 aliphatic heterocycles. The van der Waals surface area contributed by atoms with Crippen LogP contribution in [-0.4, -0.2) is 11.4 Å². The molecule has 84 valence electrons. The Kier molecular flexibility index (Phi) is 3.24. The van der Waals surface area contributed by atoms with Gasteiger partial charge in [-0.05, 0) is 44.5 Å². The molecule has 0 aliphatic carbocycles. The Bertz CT molecular complexity index is 435. The van der Waals surface area contributed by atoms with E-state index in [1.807, 2.05) is 13.0 Å². The minimum atomic E-state index is -0.657. The molecule has 3 heteroatoms. The van der Waals surface area contributed by atoms with E-state index >= 15 is 0 Å². The predicted molar refractivity (Wildman–Crippen MR) is 66.0 cm³/mol. The molecule has 0 saturated heterocycles. The minimum Gasteiger partial charge on any atom is -0.399 e. The first-order valence-electron chi connectivity index (χ1n) is 5.01. The molecule has 1 aromatic carbocycles. The molecule has 0 spiro atoms. The molecule has 16 heavy (non-hydrogen) atoms. The fraction of sp³-hybridized carbons (Fsp3) is 0.308. The molecule has 1 rings (SSSR count). The summed E-state index contributed by atoms with van der Waals surface area (Å²) in [5.41, 5.74) is 7.07. The van der Waals surface area contributed by atoms with Crippen molar-refractivity contribution in [1.29, 1.82) is 0 Å². The Morgan fingerprint density at radius 1 is 1.44 bits per heavy atom. The molecule has 0 unspecified atom stereocenters. The number of carbonyl (C=O) groups is 1. The first-order valence-corrected chi connectivity index (χ1v) is 5.01. The number of nitrogens with two attached hydrogens (primary N) is 1. The van der Waals surface area contributed by atoms with Crippen LogP contribution in [-0.2, 0) is 0 Å². The molecular formula is C13H16N2O. The fourth-order valence-corrected chi connectivity index (χ4v) is 1.34. The predicted octanol–water partition coefficient (Wildman–Crippen LogP) is 1.72. The van der Waals surface area contributed by atoms with Gasteiger partial charge in [0.15, 0.2) is 0 Å². The third kappa shape index (κ3) is 3.03. The Labute approximate surface area is 96.0 Å². The van der Waals surface area contributed by atoms with Crippen LogP contribution in [0.3, 0.4) is 0 Å². The lowest BCUT2D eigenvalue weighted by molar-refractivity contribution is 0.0930. The molecule has 0 atom stereocenters. The van der Waals surface area contributed by atoms with Crippen LogP contribution < -0.4 is 11.1 Å². The van der Waals surface area contributed by atoms with Crippen molar-refractivity contribution in [2.24, 2.45) is 0 Å². The molecule has 0 aliphatic rings. The summed E-state index contributed by atoms with van der Waals surface area (Å²) in [6.07, 6.45) is 5.30. The molecule has 1 amide bonds. The van der Waals surface area contributed by atoms with Gasteiger partial charge in [-0.2, -0.15) is 0 Å². The number of carbonyl (C=O) groups excluding carboxylic acids is 1. The van der Waals surface area contributed by atoms with E-state index in [4.69, 9.17) is 12.2 Å². The van der Waals surface area contributed by atoms with Gasteiger partial charge in [0.05, 0.1) is 5.54 Å². The summed E-state index contributed by atoms with van der Waals surface area (Å²) < 4.78 is 0. The molecule has 3 N–H and O–H groups in total. The molecule has 0 aromatic heterocycles. The van der Waals surface area contributed by atoms with Crippen LogP contribution in [0.2, 0.25) is 0 Å². The van der Waals surface area contributed by atoms with Gasteiger partial charge < -0.3 is 11.1 Å². The molecule has 0 heterocycles. The minimum absolute atomic E-state index is 0.210. The van der Waals surface area contributed by atoms with Crippen LogP contribution in [0.1, 0.15) is 29.8 Å². The normalized spacial score (nSPS) is 10.6. The molecule has 0 fully saturated rings. The number of hydrogen-bond donors (Lipinski definition) is 2. The SMILES string of the molecule is C#CC(C)(C)NC(=O)c1cc(C)cc(N)c1. The number of aryl methyl sites for hydroxylation is 1. The van der Waals surface area contributed by atoms with Gasteiger partial charge >= 0.3 is 0 Å². The zero-order valence-corrected chi connectivity index (χ0v) is 9.79. The van der Waals surface area contributed by atoms with Crippen LogP contribution in [0.4, 0.5) is 5.69 Å². The quantitative estimate of drug-likeness (QED) is 0.584. The molecule has 1 aromatic rings. The van der Waals surface area contributed by atoms with Crippen molar-refractivity contribution in [2.45, 2.75) is 26.3 Å². The van der Waals surface area contributed by atoms with Gasteiger partial charge in [0.2, 0.25) is 0 Å². The van der Waals surface area contributed by atoms with Crippen molar-refractivity contribution < 1.29 is 4.79 Å². The smallest absolute Gasteiger partial charge is 0.252 e. The van der Waals surface area contributed by atoms with E-state index in [1.54, 1.807) is 26.0 Å². The number of anilines is 1. The monoisotopic (exact) mass is 216 g/mol. The fourth-order valence-electron chi connectivity index (χ4n) is 1.34. The lowest BCUT2D eigenvalue weighted by Crippen LogP contribution is -2.42. The van der Waals surface area contributed by atoms with E-state index in [1.165, 1.54) is 0 Å². The Hall–Kier alpha value is -1.95. The summed E-state index contributed by atoms with van der Waals surface area (Å²) in [5.74, 6) is 2.30. The largest absolute Gasteiger partial charge is 0.399 e. The van der Waals surface area contributed by atoms with Crippen molar-refractivity contribution in [3.05, 3.63) is 29.3 Å². The lowest BCUT2D eigenvalue weighted by atomic mass is 10.0. The number of nitrogens with one attached hydrogen (secondary N) is 1. The van der Waals surface area contributed by atoms with Gasteiger partial charge in [-0.3, -0.25) is 4.79 Å². The van der Waals surface area contributed by atoms with Crippen molar-refractivity contribution in [1.82, 2.24) is 5.32 Å². The number of hydrogen-bond acceptors (Lipinski definition) is 2. The number of nitrogen functional groups attached to an aromatic ring is 1. The maximum atomic E-state index is 11.9. The van der Waals surface area contributed by atoms with Crippen LogP contribution in [0.15, 0.2) is 18.2 Å². The zero-order chi connectivity index (χ0) is 12.3. The molecule has 0 radical (unpaired) electrons. The number of rotatable bonds is 2. The summed E-state index contributed by atoms with van der Waals surface area (Å²) in [6.45, 7) is 5.42. The molecule has 0 saturated carbocycles. The van der Waals surface area contributed by atoms with Crippen molar-refractivity contribution in [3.8, 4) is 12.3 Å². The highest BCUT2D eigenvalue weighted by atomic mass is 16.1. The maximum absolute atomic E-state index is 11.9. The van der Waals surface area contributed by atoms with E-state index in [0.29, 0.717) is 11.3 Å². The van der Waals surface area contributed by atoms with E-state index < -0.39 is 5.54 Å². The van der Waals surface area contributed by atoms with Crippen LogP contribution in [0.5, 0.6) is 0 Å². The van der Waals surface area contributed by atoms with Gasteiger partial charge in [-0.1, -0.05) is 5.92 Å². The third-order valence-corrected chi connectivity index (χ3v) is 2.15. The van der Waals surface area contributed by atoms with Crippen LogP contribution in [0, 0.1) is 19.3 Å². The van der Waals surface area contributed by atoms with Gasteiger partial charge in [0.1, 0.15) is 0 Å². The summed E-state index contributed by atoms with van der Waals surface area (Å²) in [6, 6.07) is 5.22. The number of benzene rings is 1. The average molecular weight is 216 g/mol. The van der Waals surface area contributed by atoms with Crippen LogP contribution >= 0.6 is 0 Å². The Balaban J connectivity index is 2.94. The van der Waals surface area contributed by atoms with E-state index in [9.17, 15) is 4.79 Å². The standard InChI is InChI=1S/C13H16N2O/c1-5-13(3,4)15-12(16)10-6-9(2)7-11(14)8-10/h1,6-8H,14H2,2-4H3,(H,15,16). The zero-order valence-electron chi connectivity index (χ0n) is 9.79. The van der Waals surface area contributed by atoms with Crippen molar-refractivity contribution in [2.75, 3.05) is 5.73 Å². The van der Waals surface area contributed by atoms with Gasteiger partial charge in [0.25, 0.3) is 5.91 Å². The Morgan fingerprint density at radius 2 is 2.06 bits per heavy atom. The van der Waals surface area contributed by atoms with E-state index in [0.717, 1.165) is 5.56 Å². The number of terminal acetylenes is 1. The highest BCUT2D eigenvalue weighted by Crippen LogP contribution is 2.12. The maximum Gasteiger partial charge on any atom is 0.252 e. The summed E-state index contributed by atoms with van der Waals surface area (Å²) in [4.78, 5) is 11.9. The third-order valence-electron chi connectivity index (χ3n) is 2.15.